The van der Waals surface area contributed by atoms with Gasteiger partial charge in [-0.15, -0.1) is 0 Å². The quantitative estimate of drug-likeness (QED) is 0.536. The van der Waals surface area contributed by atoms with Gasteiger partial charge in [0.05, 0.1) is 26.8 Å². The highest BCUT2D eigenvalue weighted by Crippen LogP contribution is 1.95. The molecule has 0 fully saturated rings. The van der Waals surface area contributed by atoms with Gasteiger partial charge in [0.15, 0.2) is 6.04 Å². The Morgan fingerprint density at radius 1 is 1.77 bits per heavy atom. The van der Waals surface area contributed by atoms with Crippen molar-refractivity contribution in [3.05, 3.63) is 18.2 Å². The number of quaternary nitrogens is 1. The summed E-state index contributed by atoms with van der Waals surface area (Å²) < 4.78 is 0. The molecule has 1 aromatic heterocycles. The molecule has 0 saturated heterocycles. The molecule has 72 valence electrons. The first kappa shape index (κ1) is 9.73. The zero-order valence-electron chi connectivity index (χ0n) is 7.74. The van der Waals surface area contributed by atoms with Crippen molar-refractivity contribution in [3.8, 4) is 0 Å². The van der Waals surface area contributed by atoms with E-state index in [1.807, 2.05) is 14.1 Å². The number of carboxylic acids is 1. The van der Waals surface area contributed by atoms with Crippen molar-refractivity contribution < 1.29 is 14.8 Å². The first-order chi connectivity index (χ1) is 6.11. The van der Waals surface area contributed by atoms with E-state index in [0.29, 0.717) is 6.42 Å². The molecule has 0 aromatic carbocycles. The maximum Gasteiger partial charge on any atom is 0.362 e. The third kappa shape index (κ3) is 2.55. The number of aliphatic carboxylic acids is 1. The standard InChI is InChI=1S/C8H13N3O2/c1-11(2)7(8(12)13)3-6-4-9-5-10-6/h4-5,7H,3H2,1-2H3,(H,9,10)(H,12,13)/p+1/t7-/m0/s1. The van der Waals surface area contributed by atoms with Gasteiger partial charge in [-0.3, -0.25) is 0 Å². The Morgan fingerprint density at radius 2 is 2.46 bits per heavy atom. The van der Waals surface area contributed by atoms with Gasteiger partial charge in [-0.05, 0) is 0 Å². The average Bonchev–Trinajstić information content (AvgIpc) is 2.50. The lowest BCUT2D eigenvalue weighted by atomic mass is 10.1. The van der Waals surface area contributed by atoms with E-state index < -0.39 is 12.0 Å². The van der Waals surface area contributed by atoms with Crippen LogP contribution in [0.4, 0.5) is 0 Å². The smallest absolute Gasteiger partial charge is 0.362 e. The molecule has 0 aliphatic rings. The van der Waals surface area contributed by atoms with Gasteiger partial charge in [-0.2, -0.15) is 0 Å². The lowest BCUT2D eigenvalue weighted by Gasteiger charge is -2.15. The first-order valence-electron chi connectivity index (χ1n) is 4.11. The molecule has 5 nitrogen and oxygen atoms in total. The van der Waals surface area contributed by atoms with Crippen LogP contribution < -0.4 is 4.90 Å². The van der Waals surface area contributed by atoms with Gasteiger partial charge < -0.3 is 15.0 Å². The van der Waals surface area contributed by atoms with Crippen LogP contribution in [0.5, 0.6) is 0 Å². The Bertz CT molecular complexity index is 269. The monoisotopic (exact) mass is 184 g/mol. The Balaban J connectivity index is 2.63. The Kier molecular flexibility index (Phi) is 3.02. The number of imidazole rings is 1. The summed E-state index contributed by atoms with van der Waals surface area (Å²) in [5.41, 5.74) is 0.855. The van der Waals surface area contributed by atoms with Gasteiger partial charge in [-0.25, -0.2) is 9.78 Å². The number of nitrogens with one attached hydrogen (secondary N) is 2. The van der Waals surface area contributed by atoms with Crippen molar-refractivity contribution in [1.82, 2.24) is 9.97 Å². The van der Waals surface area contributed by atoms with Gasteiger partial charge in [0.2, 0.25) is 0 Å². The van der Waals surface area contributed by atoms with Crippen molar-refractivity contribution in [3.63, 3.8) is 0 Å². The number of carbonyl (C=O) groups is 1. The number of likely N-dealkylation sites (N-methyl/N-ethyl adjacent to an activating group) is 1. The molecule has 0 bridgehead atoms. The molecule has 0 saturated carbocycles. The Labute approximate surface area is 76.4 Å². The van der Waals surface area contributed by atoms with E-state index >= 15 is 0 Å². The second kappa shape index (κ2) is 4.04. The number of aromatic nitrogens is 2. The highest BCUT2D eigenvalue weighted by atomic mass is 16.4. The summed E-state index contributed by atoms with van der Waals surface area (Å²) in [6.07, 6.45) is 3.69. The second-order valence-electron chi connectivity index (χ2n) is 3.25. The van der Waals surface area contributed by atoms with Crippen molar-refractivity contribution in [2.75, 3.05) is 14.1 Å². The van der Waals surface area contributed by atoms with E-state index in [1.165, 1.54) is 0 Å². The van der Waals surface area contributed by atoms with Crippen LogP contribution in [0.2, 0.25) is 0 Å². The minimum Gasteiger partial charge on any atom is -0.477 e. The number of carboxylic acid groups (broad SMARTS) is 1. The SMILES string of the molecule is C[NH+](C)[C@@H](Cc1cnc[nH]1)C(=O)O. The molecule has 1 rings (SSSR count). The molecule has 0 aliphatic heterocycles. The number of aromatic amines is 1. The topological polar surface area (TPSA) is 70.4 Å². The van der Waals surface area contributed by atoms with E-state index in [9.17, 15) is 4.79 Å². The Morgan fingerprint density at radius 3 is 2.85 bits per heavy atom. The van der Waals surface area contributed by atoms with Crippen LogP contribution in [0, 0.1) is 0 Å². The average molecular weight is 184 g/mol. The molecule has 5 heteroatoms. The molecular formula is C8H14N3O2+. The molecule has 0 amide bonds. The summed E-state index contributed by atoms with van der Waals surface area (Å²) in [5.74, 6) is -0.783. The lowest BCUT2D eigenvalue weighted by molar-refractivity contribution is -0.876. The fourth-order valence-electron chi connectivity index (χ4n) is 1.15. The number of rotatable bonds is 4. The van der Waals surface area contributed by atoms with E-state index in [0.717, 1.165) is 10.6 Å². The minimum atomic E-state index is -0.783. The molecular weight excluding hydrogens is 170 g/mol. The number of nitrogens with zero attached hydrogens (tertiary/aromatic N) is 1. The van der Waals surface area contributed by atoms with Crippen LogP contribution in [0.1, 0.15) is 5.69 Å². The van der Waals surface area contributed by atoms with Crippen molar-refractivity contribution >= 4 is 5.97 Å². The molecule has 0 unspecified atom stereocenters. The third-order valence-electron chi connectivity index (χ3n) is 1.97. The molecule has 0 spiro atoms. The summed E-state index contributed by atoms with van der Waals surface area (Å²) in [7, 11) is 3.66. The van der Waals surface area contributed by atoms with Gasteiger partial charge in [0.1, 0.15) is 0 Å². The zero-order valence-corrected chi connectivity index (χ0v) is 7.74. The lowest BCUT2D eigenvalue weighted by Crippen LogP contribution is -3.11. The van der Waals surface area contributed by atoms with Crippen molar-refractivity contribution in [1.29, 1.82) is 0 Å². The van der Waals surface area contributed by atoms with Gasteiger partial charge >= 0.3 is 5.97 Å². The molecule has 0 aliphatic carbocycles. The molecule has 13 heavy (non-hydrogen) atoms. The number of hydrogen-bond acceptors (Lipinski definition) is 2. The van der Waals surface area contributed by atoms with E-state index in [-0.39, 0.29) is 0 Å². The largest absolute Gasteiger partial charge is 0.477 e. The Hall–Kier alpha value is -1.36. The fraction of sp³-hybridized carbons (Fsp3) is 0.500. The highest BCUT2D eigenvalue weighted by molar-refractivity contribution is 5.72. The van der Waals surface area contributed by atoms with Crippen LogP contribution >= 0.6 is 0 Å². The molecule has 1 atom stereocenters. The van der Waals surface area contributed by atoms with Crippen molar-refractivity contribution in [2.24, 2.45) is 0 Å². The predicted octanol–water partition coefficient (Wildman–Crippen LogP) is -1.45. The molecule has 1 aromatic rings. The first-order valence-corrected chi connectivity index (χ1v) is 4.11. The van der Waals surface area contributed by atoms with Crippen LogP contribution in [0.3, 0.4) is 0 Å². The number of H-pyrrole nitrogens is 1. The van der Waals surface area contributed by atoms with Gasteiger partial charge in [0.25, 0.3) is 0 Å². The van der Waals surface area contributed by atoms with Crippen LogP contribution in [-0.2, 0) is 11.2 Å². The van der Waals surface area contributed by atoms with Crippen molar-refractivity contribution in [2.45, 2.75) is 12.5 Å². The fourth-order valence-corrected chi connectivity index (χ4v) is 1.15. The molecule has 3 N–H and O–H groups in total. The number of hydrogen-bond donors (Lipinski definition) is 3. The summed E-state index contributed by atoms with van der Waals surface area (Å²) in [6.45, 7) is 0. The van der Waals surface area contributed by atoms with Crippen LogP contribution in [0.15, 0.2) is 12.5 Å². The summed E-state index contributed by atoms with van der Waals surface area (Å²) in [6, 6.07) is -0.416. The summed E-state index contributed by atoms with van der Waals surface area (Å²) >= 11 is 0. The van der Waals surface area contributed by atoms with Gasteiger partial charge in [-0.1, -0.05) is 0 Å². The predicted molar refractivity (Wildman–Crippen MR) is 46.5 cm³/mol. The molecule has 0 radical (unpaired) electrons. The third-order valence-corrected chi connectivity index (χ3v) is 1.97. The molecule has 1 heterocycles. The van der Waals surface area contributed by atoms with E-state index in [4.69, 9.17) is 5.11 Å². The van der Waals surface area contributed by atoms with Crippen LogP contribution in [-0.4, -0.2) is 41.2 Å². The maximum atomic E-state index is 10.8. The summed E-state index contributed by atoms with van der Waals surface area (Å²) in [5, 5.41) is 8.89. The normalized spacial score (nSPS) is 13.2. The van der Waals surface area contributed by atoms with E-state index in [2.05, 4.69) is 9.97 Å². The van der Waals surface area contributed by atoms with Crippen LogP contribution in [0.25, 0.3) is 0 Å². The zero-order chi connectivity index (χ0) is 9.84. The van der Waals surface area contributed by atoms with E-state index in [1.54, 1.807) is 12.5 Å². The van der Waals surface area contributed by atoms with Gasteiger partial charge in [0, 0.05) is 11.9 Å². The maximum absolute atomic E-state index is 10.8. The summed E-state index contributed by atoms with van der Waals surface area (Å²) in [4.78, 5) is 18.4. The second-order valence-corrected chi connectivity index (χ2v) is 3.25. The minimum absolute atomic E-state index is 0.416. The highest BCUT2D eigenvalue weighted by Gasteiger charge is 2.24.